The van der Waals surface area contributed by atoms with Crippen molar-refractivity contribution in [3.63, 3.8) is 0 Å². The van der Waals surface area contributed by atoms with Gasteiger partial charge in [0.25, 0.3) is 0 Å². The van der Waals surface area contributed by atoms with E-state index in [1.165, 1.54) is 0 Å². The smallest absolute Gasteiger partial charge is 0.145 e. The highest BCUT2D eigenvalue weighted by Crippen LogP contribution is 2.32. The van der Waals surface area contributed by atoms with Crippen molar-refractivity contribution in [2.45, 2.75) is 6.42 Å². The zero-order valence-electron chi connectivity index (χ0n) is 9.55. The molecule has 0 spiro atoms. The molecule has 1 aliphatic heterocycles. The second-order valence-electron chi connectivity index (χ2n) is 3.92. The lowest BCUT2D eigenvalue weighted by Gasteiger charge is -2.18. The number of aromatic amines is 1. The summed E-state index contributed by atoms with van der Waals surface area (Å²) in [5, 5.41) is 8.89. The van der Waals surface area contributed by atoms with E-state index in [1.807, 2.05) is 18.3 Å². The Balaban J connectivity index is 2.08. The molecule has 0 aliphatic carbocycles. The Morgan fingerprint density at radius 3 is 3.17 bits per heavy atom. The summed E-state index contributed by atoms with van der Waals surface area (Å²) >= 11 is 0. The number of fused-ring (bicyclic) bond motifs is 1. The number of hydrogen-bond donors (Lipinski definition) is 1. The summed E-state index contributed by atoms with van der Waals surface area (Å²) in [4.78, 5) is 11.4. The Morgan fingerprint density at radius 1 is 1.44 bits per heavy atom. The molecule has 18 heavy (non-hydrogen) atoms. The highest BCUT2D eigenvalue weighted by Gasteiger charge is 2.17. The van der Waals surface area contributed by atoms with Crippen molar-refractivity contribution in [2.24, 2.45) is 0 Å². The minimum Gasteiger partial charge on any atom is -0.491 e. The van der Waals surface area contributed by atoms with Gasteiger partial charge in [-0.1, -0.05) is 0 Å². The molecule has 3 heterocycles. The van der Waals surface area contributed by atoms with Crippen LogP contribution in [0.3, 0.4) is 0 Å². The van der Waals surface area contributed by atoms with Crippen LogP contribution >= 0.6 is 0 Å². The van der Waals surface area contributed by atoms with Gasteiger partial charge in [0.1, 0.15) is 23.2 Å². The van der Waals surface area contributed by atoms with Crippen LogP contribution in [-0.4, -0.2) is 21.6 Å². The second-order valence-corrected chi connectivity index (χ2v) is 3.92. The predicted molar refractivity (Wildman–Crippen MR) is 65.5 cm³/mol. The van der Waals surface area contributed by atoms with Crippen molar-refractivity contribution in [3.8, 4) is 11.8 Å². The molecular formula is C13H10N4O. The van der Waals surface area contributed by atoms with Crippen LogP contribution in [0.2, 0.25) is 0 Å². The van der Waals surface area contributed by atoms with Crippen LogP contribution in [0.4, 0.5) is 0 Å². The van der Waals surface area contributed by atoms with Crippen molar-refractivity contribution < 1.29 is 4.74 Å². The van der Waals surface area contributed by atoms with Crippen molar-refractivity contribution in [1.29, 1.82) is 5.26 Å². The van der Waals surface area contributed by atoms with E-state index < -0.39 is 0 Å². The van der Waals surface area contributed by atoms with E-state index in [0.717, 1.165) is 29.1 Å². The van der Waals surface area contributed by atoms with E-state index in [2.05, 4.69) is 15.0 Å². The fourth-order valence-electron chi connectivity index (χ4n) is 1.91. The molecule has 2 aromatic rings. The lowest BCUT2D eigenvalue weighted by Crippen LogP contribution is -2.09. The van der Waals surface area contributed by atoms with E-state index in [9.17, 15) is 0 Å². The molecule has 0 fully saturated rings. The Labute approximate surface area is 104 Å². The zero-order valence-corrected chi connectivity index (χ0v) is 9.55. The predicted octanol–water partition coefficient (Wildman–Crippen LogP) is 2.00. The molecule has 3 rings (SSSR count). The Bertz CT molecular complexity index is 638. The number of nitrogens with one attached hydrogen (secondary N) is 1. The summed E-state index contributed by atoms with van der Waals surface area (Å²) in [6.45, 7) is 0.622. The number of aromatic nitrogens is 3. The summed E-state index contributed by atoms with van der Waals surface area (Å²) in [7, 11) is 0. The quantitative estimate of drug-likeness (QED) is 0.824. The molecule has 0 radical (unpaired) electrons. The third-order valence-electron chi connectivity index (χ3n) is 2.75. The first-order valence-corrected chi connectivity index (χ1v) is 5.60. The first kappa shape index (κ1) is 10.5. The molecule has 0 saturated carbocycles. The molecule has 0 aromatic carbocycles. The van der Waals surface area contributed by atoms with Gasteiger partial charge in [-0.05, 0) is 23.8 Å². The van der Waals surface area contributed by atoms with Gasteiger partial charge in [-0.25, -0.2) is 9.97 Å². The van der Waals surface area contributed by atoms with Gasteiger partial charge in [0.05, 0.1) is 18.6 Å². The van der Waals surface area contributed by atoms with Gasteiger partial charge in [-0.15, -0.1) is 0 Å². The van der Waals surface area contributed by atoms with Gasteiger partial charge in [-0.2, -0.15) is 5.26 Å². The van der Waals surface area contributed by atoms with Gasteiger partial charge in [0.15, 0.2) is 0 Å². The van der Waals surface area contributed by atoms with Crippen LogP contribution in [0.5, 0.6) is 5.75 Å². The van der Waals surface area contributed by atoms with E-state index in [0.29, 0.717) is 12.3 Å². The SMILES string of the molecule is N#Cc1ccc2c(n1)/C(=C/c1c[nH]cn1)CCO2. The van der Waals surface area contributed by atoms with Crippen molar-refractivity contribution in [1.82, 2.24) is 15.0 Å². The summed E-state index contributed by atoms with van der Waals surface area (Å²) in [5.41, 5.74) is 3.03. The Morgan fingerprint density at radius 2 is 2.39 bits per heavy atom. The van der Waals surface area contributed by atoms with E-state index in [-0.39, 0.29) is 0 Å². The standard InChI is InChI=1S/C13H10N4O/c14-6-10-1-2-12-13(17-10)9(3-4-18-12)5-11-7-15-8-16-11/h1-2,5,7-8H,3-4H2,(H,15,16)/b9-5+. The number of hydrogen-bond acceptors (Lipinski definition) is 4. The van der Waals surface area contributed by atoms with E-state index >= 15 is 0 Å². The van der Waals surface area contributed by atoms with Crippen LogP contribution in [0.15, 0.2) is 24.7 Å². The third kappa shape index (κ3) is 1.84. The highest BCUT2D eigenvalue weighted by atomic mass is 16.5. The summed E-state index contributed by atoms with van der Waals surface area (Å²) < 4.78 is 5.53. The van der Waals surface area contributed by atoms with E-state index in [4.69, 9.17) is 10.00 Å². The average molecular weight is 238 g/mol. The number of H-pyrrole nitrogens is 1. The first-order chi connectivity index (χ1) is 8.86. The minimum atomic E-state index is 0.396. The summed E-state index contributed by atoms with van der Waals surface area (Å²) in [6.07, 6.45) is 6.18. The Kier molecular flexibility index (Phi) is 2.54. The fraction of sp³-hybridized carbons (Fsp3) is 0.154. The van der Waals surface area contributed by atoms with Crippen LogP contribution in [0.1, 0.15) is 23.5 Å². The molecule has 0 bridgehead atoms. The summed E-state index contributed by atoms with van der Waals surface area (Å²) in [6, 6.07) is 5.49. The number of ether oxygens (including phenoxy) is 1. The number of nitriles is 1. The largest absolute Gasteiger partial charge is 0.491 e. The molecule has 1 aliphatic rings. The van der Waals surface area contributed by atoms with Gasteiger partial charge in [0.2, 0.25) is 0 Å². The molecule has 5 heteroatoms. The van der Waals surface area contributed by atoms with Gasteiger partial charge in [0, 0.05) is 12.6 Å². The highest BCUT2D eigenvalue weighted by molar-refractivity contribution is 5.82. The molecule has 2 aromatic heterocycles. The molecule has 1 N–H and O–H groups in total. The average Bonchev–Trinajstić information content (AvgIpc) is 2.91. The van der Waals surface area contributed by atoms with Crippen LogP contribution < -0.4 is 4.74 Å². The minimum absolute atomic E-state index is 0.396. The molecule has 88 valence electrons. The number of rotatable bonds is 1. The van der Waals surface area contributed by atoms with Crippen molar-refractivity contribution in [2.75, 3.05) is 6.61 Å². The fourth-order valence-corrected chi connectivity index (χ4v) is 1.91. The van der Waals surface area contributed by atoms with Gasteiger partial charge in [-0.3, -0.25) is 0 Å². The number of imidazole rings is 1. The third-order valence-corrected chi connectivity index (χ3v) is 2.75. The number of pyridine rings is 1. The van der Waals surface area contributed by atoms with Crippen LogP contribution in [-0.2, 0) is 0 Å². The normalized spacial score (nSPS) is 15.8. The monoisotopic (exact) mass is 238 g/mol. The molecule has 5 nitrogen and oxygen atoms in total. The maximum absolute atomic E-state index is 8.89. The zero-order chi connectivity index (χ0) is 12.4. The molecule has 0 amide bonds. The summed E-state index contributed by atoms with van der Waals surface area (Å²) in [5.74, 6) is 0.724. The molecule has 0 saturated heterocycles. The van der Waals surface area contributed by atoms with Crippen LogP contribution in [0, 0.1) is 11.3 Å². The topological polar surface area (TPSA) is 74.6 Å². The lowest BCUT2D eigenvalue weighted by atomic mass is 10.0. The second kappa shape index (κ2) is 4.34. The lowest BCUT2D eigenvalue weighted by molar-refractivity contribution is 0.314. The van der Waals surface area contributed by atoms with E-state index in [1.54, 1.807) is 18.5 Å². The van der Waals surface area contributed by atoms with Gasteiger partial charge >= 0.3 is 0 Å². The molecule has 0 atom stereocenters. The van der Waals surface area contributed by atoms with Crippen molar-refractivity contribution >= 4 is 11.6 Å². The van der Waals surface area contributed by atoms with Crippen LogP contribution in [0.25, 0.3) is 11.6 Å². The molecular weight excluding hydrogens is 228 g/mol. The van der Waals surface area contributed by atoms with Crippen molar-refractivity contribution in [3.05, 3.63) is 41.7 Å². The molecule has 0 unspecified atom stereocenters. The number of nitrogens with zero attached hydrogens (tertiary/aromatic N) is 3. The maximum atomic E-state index is 8.89. The maximum Gasteiger partial charge on any atom is 0.145 e. The Hall–Kier alpha value is -2.61. The first-order valence-electron chi connectivity index (χ1n) is 5.60. The van der Waals surface area contributed by atoms with Gasteiger partial charge < -0.3 is 9.72 Å².